The summed E-state index contributed by atoms with van der Waals surface area (Å²) in [4.78, 5) is 10.8. The fraction of sp³-hybridized carbons (Fsp3) is 0.0667. The lowest BCUT2D eigenvalue weighted by Gasteiger charge is -2.06. The van der Waals surface area contributed by atoms with Gasteiger partial charge in [0.25, 0.3) is 0 Å². The molecule has 0 atom stereocenters. The van der Waals surface area contributed by atoms with E-state index < -0.39 is 0 Å². The molecule has 0 amide bonds. The van der Waals surface area contributed by atoms with Crippen LogP contribution in [0.2, 0.25) is 0 Å². The van der Waals surface area contributed by atoms with Crippen molar-refractivity contribution in [2.75, 3.05) is 0 Å². The van der Waals surface area contributed by atoms with Crippen molar-refractivity contribution in [2.45, 2.75) is 6.42 Å². The van der Waals surface area contributed by atoms with Crippen molar-refractivity contribution < 1.29 is 4.79 Å². The molecule has 2 aromatic rings. The largest absolute Gasteiger partial charge is 0.298 e. The predicted octanol–water partition coefficient (Wildman–Crippen LogP) is 3.54. The Balaban J connectivity index is 2.48. The molecule has 2 aromatic carbocycles. The number of hydrogen-bond donors (Lipinski definition) is 0. The van der Waals surface area contributed by atoms with E-state index in [9.17, 15) is 4.79 Å². The molecule has 1 radical (unpaired) electrons. The molecule has 0 aromatic heterocycles. The average molecular weight is 209 g/mol. The van der Waals surface area contributed by atoms with Crippen LogP contribution in [0.4, 0.5) is 0 Å². The summed E-state index contributed by atoms with van der Waals surface area (Å²) in [5.74, 6) is 0. The molecule has 0 fully saturated rings. The Kier molecular flexibility index (Phi) is 3.16. The lowest BCUT2D eigenvalue weighted by Crippen LogP contribution is -1.91. The summed E-state index contributed by atoms with van der Waals surface area (Å²) in [7, 11) is 0. The minimum absolute atomic E-state index is 0.634. The summed E-state index contributed by atoms with van der Waals surface area (Å²) < 4.78 is 0. The molecule has 2 rings (SSSR count). The molecule has 0 heterocycles. The minimum atomic E-state index is 0.634. The molecule has 0 saturated heterocycles. The number of benzene rings is 2. The first-order valence-corrected chi connectivity index (χ1v) is 5.28. The van der Waals surface area contributed by atoms with Gasteiger partial charge in [-0.25, -0.2) is 0 Å². The van der Waals surface area contributed by atoms with E-state index in [-0.39, 0.29) is 0 Å². The van der Waals surface area contributed by atoms with Crippen molar-refractivity contribution in [3.05, 3.63) is 66.6 Å². The minimum Gasteiger partial charge on any atom is -0.298 e. The summed E-state index contributed by atoms with van der Waals surface area (Å²) in [6, 6.07) is 16.0. The highest BCUT2D eigenvalue weighted by molar-refractivity contribution is 5.79. The lowest BCUT2D eigenvalue weighted by atomic mass is 9.98. The van der Waals surface area contributed by atoms with Crippen LogP contribution in [-0.2, 0) is 6.42 Å². The van der Waals surface area contributed by atoms with Gasteiger partial charge in [0.2, 0.25) is 0 Å². The van der Waals surface area contributed by atoms with Crippen molar-refractivity contribution in [1.82, 2.24) is 0 Å². The third kappa shape index (κ3) is 2.03. The smallest absolute Gasteiger partial charge is 0.150 e. The van der Waals surface area contributed by atoms with Crippen LogP contribution in [0, 0.1) is 6.92 Å². The van der Waals surface area contributed by atoms with E-state index in [1.54, 1.807) is 0 Å². The molecule has 16 heavy (non-hydrogen) atoms. The molecule has 0 aliphatic carbocycles. The van der Waals surface area contributed by atoms with E-state index in [1.165, 1.54) is 0 Å². The Morgan fingerprint density at radius 2 is 1.75 bits per heavy atom. The highest BCUT2D eigenvalue weighted by Crippen LogP contribution is 2.22. The summed E-state index contributed by atoms with van der Waals surface area (Å²) in [6.45, 7) is 3.84. The molecule has 0 N–H and O–H groups in total. The SMILES string of the molecule is [CH2]Cc1cc(-c2ccccc2)ccc1C=O. The van der Waals surface area contributed by atoms with Crippen molar-refractivity contribution in [1.29, 1.82) is 0 Å². The van der Waals surface area contributed by atoms with E-state index in [0.717, 1.165) is 28.5 Å². The molecule has 0 spiro atoms. The molecule has 79 valence electrons. The summed E-state index contributed by atoms with van der Waals surface area (Å²) in [5.41, 5.74) is 4.02. The number of carbonyl (C=O) groups is 1. The lowest BCUT2D eigenvalue weighted by molar-refractivity contribution is 0.112. The Bertz CT molecular complexity index is 486. The van der Waals surface area contributed by atoms with Gasteiger partial charge in [-0.05, 0) is 30.0 Å². The highest BCUT2D eigenvalue weighted by Gasteiger charge is 2.02. The van der Waals surface area contributed by atoms with Gasteiger partial charge in [0.15, 0.2) is 0 Å². The topological polar surface area (TPSA) is 17.1 Å². The quantitative estimate of drug-likeness (QED) is 0.706. The van der Waals surface area contributed by atoms with E-state index in [2.05, 4.69) is 19.1 Å². The van der Waals surface area contributed by atoms with Gasteiger partial charge in [-0.3, -0.25) is 4.79 Å². The Morgan fingerprint density at radius 1 is 1.00 bits per heavy atom. The summed E-state index contributed by atoms with van der Waals surface area (Å²) in [5, 5.41) is 0. The standard InChI is InChI=1S/C15H13O/c1-2-12-10-14(8-9-15(12)11-16)13-6-4-3-5-7-13/h3-11H,1-2H2. The molecule has 0 aliphatic heterocycles. The van der Waals surface area contributed by atoms with Gasteiger partial charge in [0, 0.05) is 5.56 Å². The first-order chi connectivity index (χ1) is 7.85. The van der Waals surface area contributed by atoms with Gasteiger partial charge in [-0.2, -0.15) is 0 Å². The van der Waals surface area contributed by atoms with E-state index in [1.807, 2.05) is 36.4 Å². The van der Waals surface area contributed by atoms with Crippen molar-refractivity contribution in [3.8, 4) is 11.1 Å². The van der Waals surface area contributed by atoms with E-state index in [4.69, 9.17) is 0 Å². The predicted molar refractivity (Wildman–Crippen MR) is 66.3 cm³/mol. The fourth-order valence-corrected chi connectivity index (χ4v) is 1.75. The molecule has 0 saturated carbocycles. The van der Waals surface area contributed by atoms with Crippen LogP contribution in [0.25, 0.3) is 11.1 Å². The second-order valence-corrected chi connectivity index (χ2v) is 3.65. The maximum Gasteiger partial charge on any atom is 0.150 e. The second kappa shape index (κ2) is 4.75. The van der Waals surface area contributed by atoms with Crippen LogP contribution in [0.3, 0.4) is 0 Å². The molecular formula is C15H13O. The second-order valence-electron chi connectivity index (χ2n) is 3.65. The van der Waals surface area contributed by atoms with Gasteiger partial charge < -0.3 is 0 Å². The van der Waals surface area contributed by atoms with Gasteiger partial charge in [0.1, 0.15) is 6.29 Å². The Morgan fingerprint density at radius 3 is 2.38 bits per heavy atom. The summed E-state index contributed by atoms with van der Waals surface area (Å²) >= 11 is 0. The van der Waals surface area contributed by atoms with Gasteiger partial charge >= 0.3 is 0 Å². The van der Waals surface area contributed by atoms with Gasteiger partial charge in [-0.15, -0.1) is 0 Å². The van der Waals surface area contributed by atoms with Gasteiger partial charge in [-0.1, -0.05) is 48.5 Å². The van der Waals surface area contributed by atoms with E-state index >= 15 is 0 Å². The van der Waals surface area contributed by atoms with Crippen LogP contribution < -0.4 is 0 Å². The number of carbonyl (C=O) groups excluding carboxylic acids is 1. The van der Waals surface area contributed by atoms with Crippen molar-refractivity contribution in [2.24, 2.45) is 0 Å². The maximum absolute atomic E-state index is 10.8. The molecule has 0 aliphatic rings. The zero-order valence-electron chi connectivity index (χ0n) is 9.02. The van der Waals surface area contributed by atoms with Crippen LogP contribution in [0.15, 0.2) is 48.5 Å². The normalized spacial score (nSPS) is 10.1. The zero-order chi connectivity index (χ0) is 11.4. The molecule has 1 nitrogen and oxygen atoms in total. The van der Waals surface area contributed by atoms with Crippen LogP contribution in [-0.4, -0.2) is 6.29 Å². The van der Waals surface area contributed by atoms with Gasteiger partial charge in [0.05, 0.1) is 0 Å². The first-order valence-electron chi connectivity index (χ1n) is 5.28. The van der Waals surface area contributed by atoms with Crippen LogP contribution >= 0.6 is 0 Å². The maximum atomic E-state index is 10.8. The Hall–Kier alpha value is -1.89. The first kappa shape index (κ1) is 10.6. The highest BCUT2D eigenvalue weighted by atomic mass is 16.1. The Labute approximate surface area is 95.7 Å². The average Bonchev–Trinajstić information content (AvgIpc) is 2.39. The van der Waals surface area contributed by atoms with E-state index in [0.29, 0.717) is 6.42 Å². The monoisotopic (exact) mass is 209 g/mol. The number of hydrogen-bond acceptors (Lipinski definition) is 1. The molecular weight excluding hydrogens is 196 g/mol. The van der Waals surface area contributed by atoms with Crippen LogP contribution in [0.5, 0.6) is 0 Å². The zero-order valence-corrected chi connectivity index (χ0v) is 9.02. The number of rotatable bonds is 3. The van der Waals surface area contributed by atoms with Crippen molar-refractivity contribution in [3.63, 3.8) is 0 Å². The third-order valence-corrected chi connectivity index (χ3v) is 2.65. The van der Waals surface area contributed by atoms with Crippen molar-refractivity contribution >= 4 is 6.29 Å². The fourth-order valence-electron chi connectivity index (χ4n) is 1.75. The third-order valence-electron chi connectivity index (χ3n) is 2.65. The molecule has 0 bridgehead atoms. The molecule has 0 unspecified atom stereocenters. The van der Waals surface area contributed by atoms with Crippen LogP contribution in [0.1, 0.15) is 15.9 Å². The molecule has 1 heteroatoms. The number of aldehydes is 1. The summed E-state index contributed by atoms with van der Waals surface area (Å²) in [6.07, 6.45) is 1.52.